The largest absolute Gasteiger partial charge is 0.396 e. The summed E-state index contributed by atoms with van der Waals surface area (Å²) in [5.41, 5.74) is 2.41. The Morgan fingerprint density at radius 3 is 2.88 bits per heavy atom. The van der Waals surface area contributed by atoms with Gasteiger partial charge in [-0.2, -0.15) is 0 Å². The average Bonchev–Trinajstić information content (AvgIpc) is 2.28. The van der Waals surface area contributed by atoms with E-state index in [1.807, 2.05) is 0 Å². The van der Waals surface area contributed by atoms with Gasteiger partial charge in [0.25, 0.3) is 0 Å². The Labute approximate surface area is 97.1 Å². The summed E-state index contributed by atoms with van der Waals surface area (Å²) < 4.78 is 0. The molecule has 3 heteroatoms. The van der Waals surface area contributed by atoms with E-state index in [-0.39, 0.29) is 6.61 Å². The van der Waals surface area contributed by atoms with E-state index in [4.69, 9.17) is 4.98 Å². The third-order valence-corrected chi connectivity index (χ3v) is 3.23. The Kier molecular flexibility index (Phi) is 3.15. The molecule has 0 aromatic carbocycles. The average molecular weight is 220 g/mol. The highest BCUT2D eigenvalue weighted by Gasteiger charge is 2.23. The molecule has 1 atom stereocenters. The van der Waals surface area contributed by atoms with E-state index >= 15 is 0 Å². The van der Waals surface area contributed by atoms with E-state index in [1.165, 1.54) is 5.56 Å². The van der Waals surface area contributed by atoms with Crippen LogP contribution in [-0.2, 0) is 6.42 Å². The second-order valence-corrected chi connectivity index (χ2v) is 5.01. The van der Waals surface area contributed by atoms with Crippen LogP contribution in [0.4, 0.5) is 5.82 Å². The van der Waals surface area contributed by atoms with Crippen LogP contribution in [0.25, 0.3) is 0 Å². The zero-order chi connectivity index (χ0) is 11.7. The molecule has 3 nitrogen and oxygen atoms in total. The van der Waals surface area contributed by atoms with Crippen LogP contribution < -0.4 is 4.90 Å². The third kappa shape index (κ3) is 2.05. The number of rotatable bonds is 2. The van der Waals surface area contributed by atoms with Crippen molar-refractivity contribution in [2.45, 2.75) is 26.2 Å². The lowest BCUT2D eigenvalue weighted by Gasteiger charge is -2.32. The smallest absolute Gasteiger partial charge is 0.131 e. The number of hydrogen-bond donors (Lipinski definition) is 1. The zero-order valence-corrected chi connectivity index (χ0v) is 10.3. The van der Waals surface area contributed by atoms with Crippen LogP contribution in [0.15, 0.2) is 12.1 Å². The molecule has 0 aliphatic carbocycles. The summed E-state index contributed by atoms with van der Waals surface area (Å²) >= 11 is 0. The fourth-order valence-corrected chi connectivity index (χ4v) is 2.27. The number of nitrogens with zero attached hydrogens (tertiary/aromatic N) is 2. The number of aromatic nitrogens is 1. The minimum atomic E-state index is 0.260. The number of aliphatic hydroxyl groups is 1. The van der Waals surface area contributed by atoms with Crippen molar-refractivity contribution in [3.8, 4) is 0 Å². The molecule has 1 aromatic rings. The SMILES string of the molecule is CC(C)c1ccc2c(n1)N(C)CC(CO)C2. The number of aliphatic hydroxyl groups excluding tert-OH is 1. The van der Waals surface area contributed by atoms with Gasteiger partial charge in [0.2, 0.25) is 0 Å². The zero-order valence-electron chi connectivity index (χ0n) is 10.3. The van der Waals surface area contributed by atoms with Crippen molar-refractivity contribution >= 4 is 5.82 Å². The molecule has 0 spiro atoms. The summed E-state index contributed by atoms with van der Waals surface area (Å²) in [6.07, 6.45) is 0.946. The van der Waals surface area contributed by atoms with Crippen LogP contribution >= 0.6 is 0 Å². The topological polar surface area (TPSA) is 36.4 Å². The molecule has 1 aliphatic heterocycles. The summed E-state index contributed by atoms with van der Waals surface area (Å²) in [7, 11) is 2.05. The molecule has 1 aromatic heterocycles. The predicted octanol–water partition coefficient (Wildman–Crippen LogP) is 1.81. The van der Waals surface area contributed by atoms with Crippen molar-refractivity contribution in [2.24, 2.45) is 5.92 Å². The maximum absolute atomic E-state index is 9.23. The van der Waals surface area contributed by atoms with Gasteiger partial charge in [0.05, 0.1) is 0 Å². The lowest BCUT2D eigenvalue weighted by Crippen LogP contribution is -2.34. The summed E-state index contributed by atoms with van der Waals surface area (Å²) in [6.45, 7) is 5.48. The first-order chi connectivity index (χ1) is 7.61. The molecule has 0 amide bonds. The molecule has 0 radical (unpaired) electrons. The monoisotopic (exact) mass is 220 g/mol. The normalized spacial score (nSPS) is 20.1. The minimum absolute atomic E-state index is 0.260. The Morgan fingerprint density at radius 1 is 1.50 bits per heavy atom. The van der Waals surface area contributed by atoms with Crippen molar-refractivity contribution in [1.82, 2.24) is 4.98 Å². The molecule has 0 bridgehead atoms. The van der Waals surface area contributed by atoms with Gasteiger partial charge >= 0.3 is 0 Å². The quantitative estimate of drug-likeness (QED) is 0.825. The minimum Gasteiger partial charge on any atom is -0.396 e. The van der Waals surface area contributed by atoms with Gasteiger partial charge in [0, 0.05) is 31.8 Å². The Bertz CT molecular complexity index is 376. The van der Waals surface area contributed by atoms with Gasteiger partial charge in [-0.3, -0.25) is 0 Å². The van der Waals surface area contributed by atoms with Gasteiger partial charge in [-0.05, 0) is 24.0 Å². The van der Waals surface area contributed by atoms with Crippen molar-refractivity contribution in [2.75, 3.05) is 25.1 Å². The Hall–Kier alpha value is -1.09. The standard InChI is InChI=1S/C13H20N2O/c1-9(2)12-5-4-11-6-10(8-16)7-15(3)13(11)14-12/h4-5,9-10,16H,6-8H2,1-3H3. The first-order valence-corrected chi connectivity index (χ1v) is 5.93. The molecular formula is C13H20N2O. The molecule has 1 N–H and O–H groups in total. The van der Waals surface area contributed by atoms with Gasteiger partial charge in [0.1, 0.15) is 5.82 Å². The van der Waals surface area contributed by atoms with Gasteiger partial charge in [-0.25, -0.2) is 4.98 Å². The Balaban J connectivity index is 2.33. The van der Waals surface area contributed by atoms with E-state index in [1.54, 1.807) is 0 Å². The second kappa shape index (κ2) is 4.42. The van der Waals surface area contributed by atoms with Crippen LogP contribution in [0.2, 0.25) is 0 Å². The van der Waals surface area contributed by atoms with Crippen LogP contribution in [0.3, 0.4) is 0 Å². The third-order valence-electron chi connectivity index (χ3n) is 3.23. The maximum atomic E-state index is 9.23. The number of pyridine rings is 1. The fraction of sp³-hybridized carbons (Fsp3) is 0.615. The van der Waals surface area contributed by atoms with Crippen molar-refractivity contribution in [1.29, 1.82) is 0 Å². The fourth-order valence-electron chi connectivity index (χ4n) is 2.27. The first kappa shape index (κ1) is 11.4. The van der Waals surface area contributed by atoms with Crippen molar-refractivity contribution in [3.05, 3.63) is 23.4 Å². The summed E-state index contributed by atoms with van der Waals surface area (Å²) in [5.74, 6) is 1.91. The van der Waals surface area contributed by atoms with E-state index in [0.717, 1.165) is 24.5 Å². The van der Waals surface area contributed by atoms with Crippen molar-refractivity contribution < 1.29 is 5.11 Å². The highest BCUT2D eigenvalue weighted by molar-refractivity contribution is 5.50. The van der Waals surface area contributed by atoms with Gasteiger partial charge in [-0.1, -0.05) is 19.9 Å². The van der Waals surface area contributed by atoms with E-state index in [0.29, 0.717) is 11.8 Å². The molecule has 0 fully saturated rings. The van der Waals surface area contributed by atoms with Crippen LogP contribution in [0.1, 0.15) is 31.0 Å². The lowest BCUT2D eigenvalue weighted by atomic mass is 9.95. The number of fused-ring (bicyclic) bond motifs is 1. The predicted molar refractivity (Wildman–Crippen MR) is 65.9 cm³/mol. The molecule has 2 rings (SSSR count). The van der Waals surface area contributed by atoms with Crippen LogP contribution in [0, 0.1) is 5.92 Å². The van der Waals surface area contributed by atoms with Crippen molar-refractivity contribution in [3.63, 3.8) is 0 Å². The van der Waals surface area contributed by atoms with E-state index in [2.05, 4.69) is 37.9 Å². The lowest BCUT2D eigenvalue weighted by molar-refractivity contribution is 0.225. The molecule has 88 valence electrons. The van der Waals surface area contributed by atoms with E-state index in [9.17, 15) is 5.11 Å². The molecule has 1 unspecified atom stereocenters. The Morgan fingerprint density at radius 2 is 2.25 bits per heavy atom. The molecule has 16 heavy (non-hydrogen) atoms. The first-order valence-electron chi connectivity index (χ1n) is 5.93. The summed E-state index contributed by atoms with van der Waals surface area (Å²) in [5, 5.41) is 9.23. The highest BCUT2D eigenvalue weighted by Crippen LogP contribution is 2.28. The summed E-state index contributed by atoms with van der Waals surface area (Å²) in [6, 6.07) is 4.27. The van der Waals surface area contributed by atoms with Gasteiger partial charge in [0.15, 0.2) is 0 Å². The van der Waals surface area contributed by atoms with Gasteiger partial charge in [-0.15, -0.1) is 0 Å². The highest BCUT2D eigenvalue weighted by atomic mass is 16.3. The number of anilines is 1. The van der Waals surface area contributed by atoms with E-state index < -0.39 is 0 Å². The number of hydrogen-bond acceptors (Lipinski definition) is 3. The molecule has 0 saturated carbocycles. The molecule has 0 saturated heterocycles. The van der Waals surface area contributed by atoms with Gasteiger partial charge < -0.3 is 10.0 Å². The maximum Gasteiger partial charge on any atom is 0.131 e. The van der Waals surface area contributed by atoms with Crippen LogP contribution in [0.5, 0.6) is 0 Å². The molecule has 1 aliphatic rings. The molecular weight excluding hydrogens is 200 g/mol. The molecule has 2 heterocycles. The van der Waals surface area contributed by atoms with Crippen LogP contribution in [-0.4, -0.2) is 30.3 Å². The second-order valence-electron chi connectivity index (χ2n) is 5.01. The summed E-state index contributed by atoms with van der Waals surface area (Å²) in [4.78, 5) is 6.87.